The van der Waals surface area contributed by atoms with Gasteiger partial charge in [0.1, 0.15) is 5.69 Å². The summed E-state index contributed by atoms with van der Waals surface area (Å²) in [7, 11) is 0. The molecule has 2 rings (SSSR count). The van der Waals surface area contributed by atoms with E-state index >= 15 is 0 Å². The molecule has 0 atom stereocenters. The van der Waals surface area contributed by atoms with Crippen molar-refractivity contribution in [3.05, 3.63) is 35.7 Å². The average Bonchev–Trinajstić information content (AvgIpc) is 2.59. The first-order valence-electron chi connectivity index (χ1n) is 4.46. The molecule has 0 aliphatic rings. The van der Waals surface area contributed by atoms with Gasteiger partial charge in [-0.3, -0.25) is 4.79 Å². The van der Waals surface area contributed by atoms with Gasteiger partial charge in [0.25, 0.3) is 0 Å². The largest absolute Gasteiger partial charge is 0.435 e. The highest BCUT2D eigenvalue weighted by molar-refractivity contribution is 5.93. The zero-order chi connectivity index (χ0) is 11.9. The van der Waals surface area contributed by atoms with Crippen molar-refractivity contribution in [3.8, 4) is 0 Å². The number of halogens is 3. The number of alkyl halides is 3. The molecule has 0 aliphatic carbocycles. The number of hydrogen-bond donors (Lipinski definition) is 0. The maximum atomic E-state index is 12.4. The second kappa shape index (κ2) is 3.33. The molecule has 0 saturated heterocycles. The summed E-state index contributed by atoms with van der Waals surface area (Å²) in [6.45, 7) is 1.28. The molecule has 2 heterocycles. The molecule has 0 spiro atoms. The van der Waals surface area contributed by atoms with Crippen LogP contribution in [-0.2, 0) is 6.18 Å². The monoisotopic (exact) mass is 228 g/mol. The summed E-state index contributed by atoms with van der Waals surface area (Å²) < 4.78 is 38.2. The normalized spacial score (nSPS) is 12.0. The Labute approximate surface area is 88.5 Å². The summed E-state index contributed by atoms with van der Waals surface area (Å²) in [6.07, 6.45) is -4.50. The Hall–Kier alpha value is -1.85. The highest BCUT2D eigenvalue weighted by Crippen LogP contribution is 2.29. The van der Waals surface area contributed by atoms with Crippen molar-refractivity contribution in [1.82, 2.24) is 9.61 Å². The van der Waals surface area contributed by atoms with Crippen LogP contribution in [0.3, 0.4) is 0 Å². The van der Waals surface area contributed by atoms with Gasteiger partial charge >= 0.3 is 6.18 Å². The Kier molecular flexibility index (Phi) is 2.22. The molecule has 0 N–H and O–H groups in total. The SMILES string of the molecule is CC(=O)c1cccc2cc(C(F)(F)F)nn12. The lowest BCUT2D eigenvalue weighted by Crippen LogP contribution is -2.08. The Balaban J connectivity index is 2.71. The fourth-order valence-electron chi connectivity index (χ4n) is 1.42. The van der Waals surface area contributed by atoms with Crippen molar-refractivity contribution in [1.29, 1.82) is 0 Å². The van der Waals surface area contributed by atoms with Crippen molar-refractivity contribution in [2.24, 2.45) is 0 Å². The van der Waals surface area contributed by atoms with Crippen molar-refractivity contribution >= 4 is 11.3 Å². The van der Waals surface area contributed by atoms with Crippen LogP contribution < -0.4 is 0 Å². The Morgan fingerprint density at radius 2 is 2.06 bits per heavy atom. The molecule has 0 aromatic carbocycles. The van der Waals surface area contributed by atoms with E-state index in [1.807, 2.05) is 0 Å². The Morgan fingerprint density at radius 3 is 2.62 bits per heavy atom. The average molecular weight is 228 g/mol. The van der Waals surface area contributed by atoms with Crippen LogP contribution in [0.2, 0.25) is 0 Å². The maximum Gasteiger partial charge on any atom is 0.435 e. The number of rotatable bonds is 1. The smallest absolute Gasteiger partial charge is 0.293 e. The van der Waals surface area contributed by atoms with E-state index < -0.39 is 11.9 Å². The number of pyridine rings is 1. The van der Waals surface area contributed by atoms with Crippen LogP contribution in [0.15, 0.2) is 24.3 Å². The van der Waals surface area contributed by atoms with E-state index in [9.17, 15) is 18.0 Å². The van der Waals surface area contributed by atoms with Crippen LogP contribution >= 0.6 is 0 Å². The standard InChI is InChI=1S/C10H7F3N2O/c1-6(16)8-4-2-3-7-5-9(10(11,12)13)14-15(7)8/h2-5H,1H3. The number of carbonyl (C=O) groups excluding carboxylic acids is 1. The van der Waals surface area contributed by atoms with Crippen molar-refractivity contribution in [2.75, 3.05) is 0 Å². The van der Waals surface area contributed by atoms with E-state index in [2.05, 4.69) is 5.10 Å². The topological polar surface area (TPSA) is 34.4 Å². The first kappa shape index (κ1) is 10.7. The Morgan fingerprint density at radius 1 is 1.38 bits per heavy atom. The van der Waals surface area contributed by atoms with Gasteiger partial charge in [0, 0.05) is 6.92 Å². The summed E-state index contributed by atoms with van der Waals surface area (Å²) in [5, 5.41) is 3.38. The molecule has 0 bridgehead atoms. The van der Waals surface area contributed by atoms with Crippen molar-refractivity contribution in [2.45, 2.75) is 13.1 Å². The predicted octanol–water partition coefficient (Wildman–Crippen LogP) is 2.56. The number of aromatic nitrogens is 2. The number of fused-ring (bicyclic) bond motifs is 1. The lowest BCUT2D eigenvalue weighted by atomic mass is 10.2. The third-order valence-corrected chi connectivity index (χ3v) is 2.14. The van der Waals surface area contributed by atoms with Gasteiger partial charge < -0.3 is 0 Å². The molecule has 6 heteroatoms. The molecule has 2 aromatic heterocycles. The zero-order valence-electron chi connectivity index (χ0n) is 8.25. The van der Waals surface area contributed by atoms with E-state index in [0.717, 1.165) is 10.6 Å². The van der Waals surface area contributed by atoms with Crippen LogP contribution in [0, 0.1) is 0 Å². The molecule has 0 aliphatic heterocycles. The second-order valence-corrected chi connectivity index (χ2v) is 3.33. The van der Waals surface area contributed by atoms with Crippen molar-refractivity contribution in [3.63, 3.8) is 0 Å². The van der Waals surface area contributed by atoms with Crippen LogP contribution in [0.1, 0.15) is 23.1 Å². The minimum absolute atomic E-state index is 0.132. The van der Waals surface area contributed by atoms with E-state index in [1.54, 1.807) is 0 Å². The molecule has 0 saturated carbocycles. The third kappa shape index (κ3) is 1.66. The second-order valence-electron chi connectivity index (χ2n) is 3.33. The van der Waals surface area contributed by atoms with Gasteiger partial charge in [-0.05, 0) is 18.2 Å². The molecule has 0 amide bonds. The van der Waals surface area contributed by atoms with E-state index in [0.29, 0.717) is 0 Å². The molecule has 0 radical (unpaired) electrons. The summed E-state index contributed by atoms with van der Waals surface area (Å²) in [6, 6.07) is 5.33. The highest BCUT2D eigenvalue weighted by atomic mass is 19.4. The van der Waals surface area contributed by atoms with Crippen LogP contribution in [0.5, 0.6) is 0 Å². The van der Waals surface area contributed by atoms with Gasteiger partial charge in [-0.2, -0.15) is 18.3 Å². The van der Waals surface area contributed by atoms with Crippen molar-refractivity contribution < 1.29 is 18.0 Å². The quantitative estimate of drug-likeness (QED) is 0.703. The summed E-state index contributed by atoms with van der Waals surface area (Å²) >= 11 is 0. The van der Waals surface area contributed by atoms with Gasteiger partial charge in [-0.1, -0.05) is 6.07 Å². The number of Topliss-reactive ketones (excluding diaryl/α,β-unsaturated/α-hetero) is 1. The van der Waals surface area contributed by atoms with Crippen LogP contribution in [-0.4, -0.2) is 15.4 Å². The third-order valence-electron chi connectivity index (χ3n) is 2.14. The number of ketones is 1. The number of hydrogen-bond acceptors (Lipinski definition) is 2. The van der Waals surface area contributed by atoms with Gasteiger partial charge in [0.2, 0.25) is 0 Å². The molecule has 0 fully saturated rings. The molecule has 16 heavy (non-hydrogen) atoms. The molecule has 2 aromatic rings. The highest BCUT2D eigenvalue weighted by Gasteiger charge is 2.34. The number of carbonyl (C=O) groups is 1. The summed E-state index contributed by atoms with van der Waals surface area (Å²) in [5.41, 5.74) is -0.616. The minimum atomic E-state index is -4.50. The fourth-order valence-corrected chi connectivity index (χ4v) is 1.42. The van der Waals surface area contributed by atoms with Gasteiger partial charge in [-0.25, -0.2) is 4.52 Å². The lowest BCUT2D eigenvalue weighted by molar-refractivity contribution is -0.141. The number of nitrogens with zero attached hydrogens (tertiary/aromatic N) is 2. The predicted molar refractivity (Wildman–Crippen MR) is 50.2 cm³/mol. The van der Waals surface area contributed by atoms with Gasteiger partial charge in [0.15, 0.2) is 11.5 Å². The van der Waals surface area contributed by atoms with E-state index in [1.165, 1.54) is 25.1 Å². The first-order chi connectivity index (χ1) is 7.39. The van der Waals surface area contributed by atoms with E-state index in [4.69, 9.17) is 0 Å². The minimum Gasteiger partial charge on any atom is -0.293 e. The van der Waals surface area contributed by atoms with E-state index in [-0.39, 0.29) is 17.0 Å². The molecular formula is C10H7F3N2O. The van der Waals surface area contributed by atoms with Crippen LogP contribution in [0.25, 0.3) is 5.52 Å². The van der Waals surface area contributed by atoms with Gasteiger partial charge in [0.05, 0.1) is 5.52 Å². The molecule has 0 unspecified atom stereocenters. The summed E-state index contributed by atoms with van der Waals surface area (Å²) in [4.78, 5) is 11.2. The fraction of sp³-hybridized carbons (Fsp3) is 0.200. The zero-order valence-corrected chi connectivity index (χ0v) is 8.25. The van der Waals surface area contributed by atoms with Crippen LogP contribution in [0.4, 0.5) is 13.2 Å². The summed E-state index contributed by atoms with van der Waals surface area (Å²) in [5.74, 6) is -0.331. The van der Waals surface area contributed by atoms with Gasteiger partial charge in [-0.15, -0.1) is 0 Å². The molecule has 3 nitrogen and oxygen atoms in total. The Bertz CT molecular complexity index is 557. The molecular weight excluding hydrogens is 221 g/mol. The molecule has 84 valence electrons. The maximum absolute atomic E-state index is 12.4. The lowest BCUT2D eigenvalue weighted by Gasteiger charge is -2.00. The first-order valence-corrected chi connectivity index (χ1v) is 4.46.